The Kier molecular flexibility index (Phi) is 4.79. The predicted octanol–water partition coefficient (Wildman–Crippen LogP) is 3.24. The van der Waals surface area contributed by atoms with Crippen molar-refractivity contribution in [2.45, 2.75) is 31.5 Å². The number of nitrogens with zero attached hydrogens (tertiary/aromatic N) is 2. The molecule has 0 aliphatic carbocycles. The second-order valence-electron chi connectivity index (χ2n) is 6.37. The maximum absolute atomic E-state index is 11.1. The van der Waals surface area contributed by atoms with Crippen LogP contribution >= 0.6 is 24.2 Å². The van der Waals surface area contributed by atoms with Gasteiger partial charge in [-0.3, -0.25) is 0 Å². The van der Waals surface area contributed by atoms with Gasteiger partial charge in [-0.05, 0) is 24.6 Å². The monoisotopic (exact) mass is 372 g/mol. The maximum Gasteiger partial charge on any atom is 0.216 e. The number of aromatic nitrogens is 1. The van der Waals surface area contributed by atoms with E-state index < -0.39 is 11.8 Å². The summed E-state index contributed by atoms with van der Waals surface area (Å²) in [7, 11) is 0. The lowest BCUT2D eigenvalue weighted by Gasteiger charge is -2.40. The second-order valence-corrected chi connectivity index (χ2v) is 7.25. The number of benzene rings is 1. The number of aliphatic hydroxyl groups is 1. The van der Waals surface area contributed by atoms with Gasteiger partial charge in [0.15, 0.2) is 17.6 Å². The molecule has 128 valence electrons. The fourth-order valence-corrected chi connectivity index (χ4v) is 3.98. The standard InChI is InChI=1S/C19H18ClN3OS/c1-12-5-3-4-10-23(12)17-16(13-6-8-14(20)9-7-13)15(11-21)18(25)22-19(17,2)24/h3-10,16-17,22,24H,1-2H3/p+1/t16-,17+,19+/m0/s1. The predicted molar refractivity (Wildman–Crippen MR) is 100.0 cm³/mol. The lowest BCUT2D eigenvalue weighted by molar-refractivity contribution is -0.746. The van der Waals surface area contributed by atoms with Crippen LogP contribution in [-0.2, 0) is 0 Å². The Bertz CT molecular complexity index is 871. The minimum atomic E-state index is -1.29. The number of aryl methyl sites for hydroxylation is 1. The van der Waals surface area contributed by atoms with Gasteiger partial charge in [0.05, 0.1) is 22.6 Å². The average molecular weight is 373 g/mol. The molecular weight excluding hydrogens is 354 g/mol. The fraction of sp³-hybridized carbons (Fsp3) is 0.263. The van der Waals surface area contributed by atoms with Crippen molar-refractivity contribution in [1.82, 2.24) is 5.32 Å². The highest BCUT2D eigenvalue weighted by atomic mass is 35.5. The first-order chi connectivity index (χ1) is 11.8. The molecule has 6 heteroatoms. The summed E-state index contributed by atoms with van der Waals surface area (Å²) >= 11 is 10.4. The third-order valence-electron chi connectivity index (χ3n) is 4.58. The Balaban J connectivity index is 2.26. The Morgan fingerprint density at radius 3 is 2.56 bits per heavy atom. The number of rotatable bonds is 2. The van der Waals surface area contributed by atoms with Crippen LogP contribution in [0.1, 0.15) is 30.1 Å². The summed E-state index contributed by atoms with van der Waals surface area (Å²) in [5.41, 5.74) is 1.07. The van der Waals surface area contributed by atoms with Crippen LogP contribution in [0.5, 0.6) is 0 Å². The van der Waals surface area contributed by atoms with Crippen LogP contribution in [0.3, 0.4) is 0 Å². The number of thiol groups is 1. The van der Waals surface area contributed by atoms with Crippen LogP contribution in [0, 0.1) is 18.3 Å². The van der Waals surface area contributed by atoms with E-state index in [1.807, 2.05) is 48.0 Å². The molecular formula is C19H19ClN3OS+. The molecule has 1 aromatic carbocycles. The molecule has 0 spiro atoms. The van der Waals surface area contributed by atoms with E-state index in [0.29, 0.717) is 15.6 Å². The van der Waals surface area contributed by atoms with Crippen LogP contribution in [-0.4, -0.2) is 10.8 Å². The van der Waals surface area contributed by atoms with Gasteiger partial charge in [0.1, 0.15) is 0 Å². The van der Waals surface area contributed by atoms with Gasteiger partial charge in [-0.1, -0.05) is 29.8 Å². The molecule has 25 heavy (non-hydrogen) atoms. The maximum atomic E-state index is 11.1. The number of hydrogen-bond acceptors (Lipinski definition) is 4. The van der Waals surface area contributed by atoms with Crippen molar-refractivity contribution >= 4 is 24.2 Å². The first kappa shape index (κ1) is 17.8. The zero-order valence-corrected chi connectivity index (χ0v) is 15.6. The Hall–Kier alpha value is -2.00. The minimum Gasteiger partial charge on any atom is -0.366 e. The molecule has 2 N–H and O–H groups in total. The molecule has 3 atom stereocenters. The minimum absolute atomic E-state index is 0.364. The van der Waals surface area contributed by atoms with Crippen LogP contribution in [0.25, 0.3) is 0 Å². The molecule has 4 nitrogen and oxygen atoms in total. The van der Waals surface area contributed by atoms with Crippen molar-refractivity contribution in [3.05, 3.63) is 75.5 Å². The van der Waals surface area contributed by atoms with Crippen LogP contribution < -0.4 is 9.88 Å². The van der Waals surface area contributed by atoms with Crippen LogP contribution in [0.15, 0.2) is 59.3 Å². The number of hydrogen-bond donors (Lipinski definition) is 3. The second kappa shape index (κ2) is 6.72. The highest BCUT2D eigenvalue weighted by Crippen LogP contribution is 2.43. The van der Waals surface area contributed by atoms with Gasteiger partial charge >= 0.3 is 0 Å². The molecule has 0 amide bonds. The van der Waals surface area contributed by atoms with Gasteiger partial charge in [-0.2, -0.15) is 9.83 Å². The van der Waals surface area contributed by atoms with Crippen LogP contribution in [0.2, 0.25) is 5.02 Å². The molecule has 0 unspecified atom stereocenters. The van der Waals surface area contributed by atoms with Gasteiger partial charge in [0, 0.05) is 24.1 Å². The SMILES string of the molecule is Cc1cccc[n+]1[C@@H]1[C@@H](c2ccc(Cl)cc2)C(C#N)=C(S)N[C@]1(C)O. The summed E-state index contributed by atoms with van der Waals surface area (Å²) < 4.78 is 1.99. The topological polar surface area (TPSA) is 59.9 Å². The van der Waals surface area contributed by atoms with Gasteiger partial charge in [-0.15, -0.1) is 12.6 Å². The Labute approximate surface area is 157 Å². The third-order valence-corrected chi connectivity index (χ3v) is 5.19. The molecule has 2 aromatic rings. The summed E-state index contributed by atoms with van der Waals surface area (Å²) in [6.45, 7) is 3.67. The summed E-state index contributed by atoms with van der Waals surface area (Å²) in [5.74, 6) is -0.364. The van der Waals surface area contributed by atoms with Gasteiger partial charge in [0.25, 0.3) is 0 Å². The third kappa shape index (κ3) is 3.25. The largest absolute Gasteiger partial charge is 0.366 e. The first-order valence-electron chi connectivity index (χ1n) is 7.91. The number of halogens is 1. The molecule has 1 aromatic heterocycles. The zero-order chi connectivity index (χ0) is 18.2. The van der Waals surface area contributed by atoms with Crippen molar-refractivity contribution < 1.29 is 9.67 Å². The molecule has 0 saturated heterocycles. The van der Waals surface area contributed by atoms with Crippen molar-refractivity contribution in [3.8, 4) is 6.07 Å². The molecule has 0 bridgehead atoms. The number of nitrogens with one attached hydrogen (secondary N) is 1. The Morgan fingerprint density at radius 2 is 1.96 bits per heavy atom. The van der Waals surface area contributed by atoms with E-state index in [2.05, 4.69) is 24.0 Å². The van der Waals surface area contributed by atoms with Crippen molar-refractivity contribution in [2.24, 2.45) is 0 Å². The zero-order valence-electron chi connectivity index (χ0n) is 13.9. The van der Waals surface area contributed by atoms with E-state index in [1.54, 1.807) is 19.1 Å². The summed E-state index contributed by atoms with van der Waals surface area (Å²) in [4.78, 5) is 0. The number of pyridine rings is 1. The normalized spacial score (nSPS) is 26.1. The highest BCUT2D eigenvalue weighted by molar-refractivity contribution is 7.84. The molecule has 0 saturated carbocycles. The van der Waals surface area contributed by atoms with E-state index >= 15 is 0 Å². The van der Waals surface area contributed by atoms with Gasteiger partial charge < -0.3 is 10.4 Å². The summed E-state index contributed by atoms with van der Waals surface area (Å²) in [6.07, 6.45) is 1.91. The van der Waals surface area contributed by atoms with Gasteiger partial charge in [0.2, 0.25) is 6.04 Å². The van der Waals surface area contributed by atoms with Gasteiger partial charge in [-0.25, -0.2) is 0 Å². The Morgan fingerprint density at radius 1 is 1.28 bits per heavy atom. The van der Waals surface area contributed by atoms with E-state index in [9.17, 15) is 10.4 Å². The quantitative estimate of drug-likeness (QED) is 0.560. The summed E-state index contributed by atoms with van der Waals surface area (Å²) in [6, 6.07) is 15.0. The van der Waals surface area contributed by atoms with E-state index in [-0.39, 0.29) is 5.92 Å². The molecule has 0 fully saturated rings. The van der Waals surface area contributed by atoms with E-state index in [0.717, 1.165) is 11.3 Å². The first-order valence-corrected chi connectivity index (χ1v) is 8.73. The van der Waals surface area contributed by atoms with Crippen molar-refractivity contribution in [1.29, 1.82) is 5.26 Å². The molecule has 2 heterocycles. The molecule has 1 aliphatic rings. The van der Waals surface area contributed by atoms with Crippen molar-refractivity contribution in [3.63, 3.8) is 0 Å². The molecule has 0 radical (unpaired) electrons. The molecule has 3 rings (SSSR count). The van der Waals surface area contributed by atoms with Crippen LogP contribution in [0.4, 0.5) is 0 Å². The number of allylic oxidation sites excluding steroid dienone is 1. The lowest BCUT2D eigenvalue weighted by Crippen LogP contribution is -2.63. The van der Waals surface area contributed by atoms with E-state index in [4.69, 9.17) is 11.6 Å². The fourth-order valence-electron chi connectivity index (χ4n) is 3.44. The van der Waals surface area contributed by atoms with E-state index in [1.165, 1.54) is 0 Å². The van der Waals surface area contributed by atoms with Crippen molar-refractivity contribution in [2.75, 3.05) is 0 Å². The smallest absolute Gasteiger partial charge is 0.216 e. The molecule has 1 aliphatic heterocycles. The number of nitriles is 1. The average Bonchev–Trinajstić information content (AvgIpc) is 2.55. The lowest BCUT2D eigenvalue weighted by atomic mass is 9.78. The highest BCUT2D eigenvalue weighted by Gasteiger charge is 2.52. The summed E-state index contributed by atoms with van der Waals surface area (Å²) in [5, 5.41) is 24.9.